The van der Waals surface area contributed by atoms with Crippen LogP contribution in [0.3, 0.4) is 0 Å². The van der Waals surface area contributed by atoms with Crippen LogP contribution in [0.25, 0.3) is 0 Å². The Morgan fingerprint density at radius 1 is 1.12 bits per heavy atom. The summed E-state index contributed by atoms with van der Waals surface area (Å²) in [5.74, 6) is 0.687. The molecule has 0 spiro atoms. The van der Waals surface area contributed by atoms with Gasteiger partial charge in [-0.15, -0.1) is 0 Å². The lowest BCUT2D eigenvalue weighted by Gasteiger charge is -2.09. The highest BCUT2D eigenvalue weighted by atomic mass is 32.2. The van der Waals surface area contributed by atoms with E-state index < -0.39 is 0 Å². The third-order valence-electron chi connectivity index (χ3n) is 4.16. The lowest BCUT2D eigenvalue weighted by molar-refractivity contribution is -0.117. The quantitative estimate of drug-likeness (QED) is 0.747. The molecule has 0 fully saturated rings. The van der Waals surface area contributed by atoms with Crippen molar-refractivity contribution in [3.8, 4) is 5.75 Å². The van der Waals surface area contributed by atoms with E-state index in [1.54, 1.807) is 0 Å². The van der Waals surface area contributed by atoms with Crippen LogP contribution < -0.4 is 4.74 Å². The van der Waals surface area contributed by atoms with Gasteiger partial charge in [0.15, 0.2) is 0 Å². The average Bonchev–Trinajstić information content (AvgIpc) is 3.03. The molecule has 0 radical (unpaired) electrons. The zero-order chi connectivity index (χ0) is 18.4. The molecule has 2 heterocycles. The standard InChI is InChI=1S/C20H22N2O3S/c1-3-14-4-7-16(21-13-14)10-11-25-17-8-5-15(6-9-17)12-18-19(23)22-20(24-2)26-18/h4-9,13,18H,3,10-12H2,1-2H3. The third-order valence-corrected chi connectivity index (χ3v) is 5.27. The van der Waals surface area contributed by atoms with Crippen LogP contribution in [0.4, 0.5) is 0 Å². The van der Waals surface area contributed by atoms with Gasteiger partial charge in [-0.05, 0) is 42.2 Å². The first-order valence-electron chi connectivity index (χ1n) is 8.66. The normalized spacial score (nSPS) is 16.5. The largest absolute Gasteiger partial charge is 0.493 e. The van der Waals surface area contributed by atoms with Crippen LogP contribution in [-0.4, -0.2) is 35.1 Å². The molecule has 1 aromatic heterocycles. The Bertz CT molecular complexity index is 773. The topological polar surface area (TPSA) is 60.8 Å². The molecule has 0 N–H and O–H groups in total. The molecule has 1 unspecified atom stereocenters. The lowest BCUT2D eigenvalue weighted by atomic mass is 10.1. The summed E-state index contributed by atoms with van der Waals surface area (Å²) in [5, 5.41) is 0.245. The highest BCUT2D eigenvalue weighted by Crippen LogP contribution is 2.26. The number of ether oxygens (including phenoxy) is 2. The van der Waals surface area contributed by atoms with E-state index in [0.717, 1.165) is 29.8 Å². The number of benzene rings is 1. The minimum Gasteiger partial charge on any atom is -0.493 e. The van der Waals surface area contributed by atoms with Gasteiger partial charge in [-0.2, -0.15) is 4.99 Å². The van der Waals surface area contributed by atoms with E-state index in [0.29, 0.717) is 18.3 Å². The van der Waals surface area contributed by atoms with Gasteiger partial charge in [-0.1, -0.05) is 36.9 Å². The first-order valence-corrected chi connectivity index (χ1v) is 9.54. The van der Waals surface area contributed by atoms with Crippen LogP contribution >= 0.6 is 11.8 Å². The Hall–Kier alpha value is -2.34. The molecule has 5 nitrogen and oxygen atoms in total. The fourth-order valence-electron chi connectivity index (χ4n) is 2.60. The van der Waals surface area contributed by atoms with Gasteiger partial charge in [0.2, 0.25) is 0 Å². The average molecular weight is 370 g/mol. The Balaban J connectivity index is 1.46. The Labute approximate surface area is 157 Å². The minimum atomic E-state index is -0.200. The molecule has 1 aliphatic rings. The predicted octanol–water partition coefficient (Wildman–Crippen LogP) is 3.45. The van der Waals surface area contributed by atoms with Gasteiger partial charge < -0.3 is 9.47 Å². The number of aromatic nitrogens is 1. The van der Waals surface area contributed by atoms with Crippen LogP contribution in [0.1, 0.15) is 23.7 Å². The molecule has 1 amide bonds. The van der Waals surface area contributed by atoms with Gasteiger partial charge >= 0.3 is 0 Å². The van der Waals surface area contributed by atoms with Gasteiger partial charge in [0.05, 0.1) is 19.0 Å². The first-order chi connectivity index (χ1) is 12.7. The number of rotatable bonds is 7. The predicted molar refractivity (Wildman–Crippen MR) is 104 cm³/mol. The maximum Gasteiger partial charge on any atom is 0.263 e. The smallest absolute Gasteiger partial charge is 0.263 e. The van der Waals surface area contributed by atoms with Gasteiger partial charge in [-0.25, -0.2) is 0 Å². The number of hydrogen-bond donors (Lipinski definition) is 0. The summed E-state index contributed by atoms with van der Waals surface area (Å²) in [5.41, 5.74) is 3.35. The number of hydrogen-bond acceptors (Lipinski definition) is 5. The van der Waals surface area contributed by atoms with Crippen molar-refractivity contribution in [3.05, 3.63) is 59.4 Å². The number of amides is 1. The molecule has 26 heavy (non-hydrogen) atoms. The van der Waals surface area contributed by atoms with E-state index in [-0.39, 0.29) is 11.2 Å². The monoisotopic (exact) mass is 370 g/mol. The molecular weight excluding hydrogens is 348 g/mol. The number of nitrogens with zero attached hydrogens (tertiary/aromatic N) is 2. The van der Waals surface area contributed by atoms with Crippen LogP contribution in [0.2, 0.25) is 0 Å². The van der Waals surface area contributed by atoms with Crippen molar-refractivity contribution in [3.63, 3.8) is 0 Å². The van der Waals surface area contributed by atoms with E-state index in [4.69, 9.17) is 9.47 Å². The second-order valence-electron chi connectivity index (χ2n) is 5.98. The highest BCUT2D eigenvalue weighted by molar-refractivity contribution is 8.15. The molecule has 136 valence electrons. The first kappa shape index (κ1) is 18.5. The SMILES string of the molecule is CCc1ccc(CCOc2ccc(CC3SC(OC)=NC3=O)cc2)nc1. The number of methoxy groups -OCH3 is 1. The maximum absolute atomic E-state index is 11.8. The van der Waals surface area contributed by atoms with Gasteiger partial charge in [0.25, 0.3) is 11.1 Å². The summed E-state index contributed by atoms with van der Waals surface area (Å²) in [6.45, 7) is 2.70. The van der Waals surface area contributed by atoms with Crippen molar-refractivity contribution >= 4 is 22.9 Å². The van der Waals surface area contributed by atoms with Crippen LogP contribution in [0, 0.1) is 0 Å². The Morgan fingerprint density at radius 3 is 2.50 bits per heavy atom. The lowest BCUT2D eigenvalue weighted by Crippen LogP contribution is -2.13. The Morgan fingerprint density at radius 2 is 1.88 bits per heavy atom. The Kier molecular flexibility index (Phi) is 6.28. The van der Waals surface area contributed by atoms with Crippen molar-refractivity contribution < 1.29 is 14.3 Å². The van der Waals surface area contributed by atoms with E-state index >= 15 is 0 Å². The summed E-state index contributed by atoms with van der Waals surface area (Å²) in [4.78, 5) is 20.1. The summed E-state index contributed by atoms with van der Waals surface area (Å²) in [6.07, 6.45) is 4.33. The van der Waals surface area contributed by atoms with Crippen LogP contribution in [0.15, 0.2) is 47.6 Å². The summed E-state index contributed by atoms with van der Waals surface area (Å²) < 4.78 is 10.8. The number of thioether (sulfide) groups is 1. The molecule has 0 saturated heterocycles. The van der Waals surface area contributed by atoms with Gasteiger partial charge in [-0.3, -0.25) is 9.78 Å². The van der Waals surface area contributed by atoms with E-state index in [1.807, 2.05) is 30.5 Å². The second-order valence-corrected chi connectivity index (χ2v) is 7.14. The molecule has 1 atom stereocenters. The van der Waals surface area contributed by atoms with Gasteiger partial charge in [0.1, 0.15) is 5.75 Å². The van der Waals surface area contributed by atoms with Crippen molar-refractivity contribution in [2.45, 2.75) is 31.4 Å². The number of carbonyl (C=O) groups excluding carboxylic acids is 1. The molecule has 0 bridgehead atoms. The van der Waals surface area contributed by atoms with Crippen LogP contribution in [0.5, 0.6) is 5.75 Å². The molecule has 3 rings (SSSR count). The maximum atomic E-state index is 11.8. The van der Waals surface area contributed by atoms with Crippen molar-refractivity contribution in [1.82, 2.24) is 4.98 Å². The molecule has 1 aromatic carbocycles. The highest BCUT2D eigenvalue weighted by Gasteiger charge is 2.29. The fraction of sp³-hybridized carbons (Fsp3) is 0.350. The minimum absolute atomic E-state index is 0.131. The summed E-state index contributed by atoms with van der Waals surface area (Å²) in [7, 11) is 1.53. The number of pyridine rings is 1. The fourth-order valence-corrected chi connectivity index (χ4v) is 3.52. The molecular formula is C20H22N2O3S. The second kappa shape index (κ2) is 8.85. The molecule has 2 aromatic rings. The number of carbonyl (C=O) groups is 1. The molecule has 0 saturated carbocycles. The molecule has 0 aliphatic carbocycles. The molecule has 1 aliphatic heterocycles. The van der Waals surface area contributed by atoms with Gasteiger partial charge in [0, 0.05) is 18.3 Å². The van der Waals surface area contributed by atoms with Crippen molar-refractivity contribution in [2.24, 2.45) is 4.99 Å². The summed E-state index contributed by atoms with van der Waals surface area (Å²) >= 11 is 1.37. The third kappa shape index (κ3) is 4.85. The molecule has 6 heteroatoms. The van der Waals surface area contributed by atoms with Crippen molar-refractivity contribution in [2.75, 3.05) is 13.7 Å². The number of aliphatic imine (C=N–C) groups is 1. The van der Waals surface area contributed by atoms with E-state index in [2.05, 4.69) is 29.0 Å². The zero-order valence-electron chi connectivity index (χ0n) is 15.0. The van der Waals surface area contributed by atoms with E-state index in [1.165, 1.54) is 24.4 Å². The number of aryl methyl sites for hydroxylation is 1. The zero-order valence-corrected chi connectivity index (χ0v) is 15.8. The van der Waals surface area contributed by atoms with Crippen LogP contribution in [-0.2, 0) is 28.8 Å². The van der Waals surface area contributed by atoms with E-state index in [9.17, 15) is 4.79 Å². The summed E-state index contributed by atoms with van der Waals surface area (Å²) in [6, 6.07) is 12.0. The van der Waals surface area contributed by atoms with Crippen molar-refractivity contribution in [1.29, 1.82) is 0 Å².